The largest absolute Gasteiger partial charge is 0.493 e. The summed E-state index contributed by atoms with van der Waals surface area (Å²) in [6, 6.07) is 5.61. The summed E-state index contributed by atoms with van der Waals surface area (Å²) in [7, 11) is 0. The molecule has 0 radical (unpaired) electrons. The van der Waals surface area contributed by atoms with E-state index < -0.39 is 0 Å². The Morgan fingerprint density at radius 2 is 2.05 bits per heavy atom. The van der Waals surface area contributed by atoms with Gasteiger partial charge in [-0.1, -0.05) is 11.6 Å². The molecule has 0 aliphatic carbocycles. The van der Waals surface area contributed by atoms with Crippen LogP contribution in [0, 0.1) is 0 Å². The van der Waals surface area contributed by atoms with Crippen molar-refractivity contribution in [1.29, 1.82) is 0 Å². The predicted octanol–water partition coefficient (Wildman–Crippen LogP) is 3.38. The monoisotopic (exact) mass is 285 g/mol. The van der Waals surface area contributed by atoms with Gasteiger partial charge in [0, 0.05) is 29.1 Å². The van der Waals surface area contributed by atoms with Crippen LogP contribution in [-0.2, 0) is 6.54 Å². The number of hydrogen-bond acceptors (Lipinski definition) is 3. The number of rotatable bonds is 6. The molecule has 1 unspecified atom stereocenters. The molecular formula is C15H24ClNO2. The second kappa shape index (κ2) is 7.13. The van der Waals surface area contributed by atoms with Crippen molar-refractivity contribution < 1.29 is 9.84 Å². The molecule has 1 rings (SSSR count). The summed E-state index contributed by atoms with van der Waals surface area (Å²) in [5, 5.41) is 13.4. The second-order valence-corrected chi connectivity index (χ2v) is 6.28. The van der Waals surface area contributed by atoms with E-state index in [0.717, 1.165) is 11.3 Å². The van der Waals surface area contributed by atoms with Gasteiger partial charge in [-0.2, -0.15) is 0 Å². The van der Waals surface area contributed by atoms with Crippen molar-refractivity contribution in [2.75, 3.05) is 6.61 Å². The minimum atomic E-state index is -0.344. The van der Waals surface area contributed by atoms with Gasteiger partial charge in [0.25, 0.3) is 0 Å². The van der Waals surface area contributed by atoms with Gasteiger partial charge in [-0.25, -0.2) is 0 Å². The molecule has 4 heteroatoms. The lowest BCUT2D eigenvalue weighted by Crippen LogP contribution is -2.35. The van der Waals surface area contributed by atoms with Gasteiger partial charge in [0.2, 0.25) is 0 Å². The van der Waals surface area contributed by atoms with Crippen LogP contribution >= 0.6 is 11.6 Å². The fourth-order valence-corrected chi connectivity index (χ4v) is 1.72. The van der Waals surface area contributed by atoms with Gasteiger partial charge < -0.3 is 15.2 Å². The van der Waals surface area contributed by atoms with Gasteiger partial charge in [-0.3, -0.25) is 0 Å². The van der Waals surface area contributed by atoms with Gasteiger partial charge in [0.05, 0.1) is 12.7 Å². The second-order valence-electron chi connectivity index (χ2n) is 5.84. The fraction of sp³-hybridized carbons (Fsp3) is 0.600. The highest BCUT2D eigenvalue weighted by Crippen LogP contribution is 2.23. The Morgan fingerprint density at radius 1 is 1.37 bits per heavy atom. The minimum Gasteiger partial charge on any atom is -0.493 e. The molecule has 0 spiro atoms. The van der Waals surface area contributed by atoms with E-state index in [-0.39, 0.29) is 11.6 Å². The summed E-state index contributed by atoms with van der Waals surface area (Å²) in [6.07, 6.45) is 0.276. The first-order chi connectivity index (χ1) is 8.78. The van der Waals surface area contributed by atoms with E-state index in [1.807, 2.05) is 18.2 Å². The van der Waals surface area contributed by atoms with Crippen molar-refractivity contribution in [2.24, 2.45) is 0 Å². The number of benzene rings is 1. The summed E-state index contributed by atoms with van der Waals surface area (Å²) in [4.78, 5) is 0. The molecule has 0 fully saturated rings. The van der Waals surface area contributed by atoms with Crippen LogP contribution in [0.15, 0.2) is 18.2 Å². The summed E-state index contributed by atoms with van der Waals surface area (Å²) < 4.78 is 5.71. The zero-order chi connectivity index (χ0) is 14.5. The Bertz CT molecular complexity index is 400. The van der Waals surface area contributed by atoms with Crippen molar-refractivity contribution in [2.45, 2.75) is 52.3 Å². The Morgan fingerprint density at radius 3 is 2.63 bits per heavy atom. The molecule has 108 valence electrons. The van der Waals surface area contributed by atoms with Crippen LogP contribution in [0.1, 0.15) is 39.7 Å². The highest BCUT2D eigenvalue weighted by Gasteiger charge is 2.11. The molecular weight excluding hydrogens is 262 g/mol. The summed E-state index contributed by atoms with van der Waals surface area (Å²) >= 11 is 6.03. The van der Waals surface area contributed by atoms with Crippen LogP contribution in [0.2, 0.25) is 5.02 Å². The third-order valence-electron chi connectivity index (χ3n) is 2.62. The van der Waals surface area contributed by atoms with Crippen molar-refractivity contribution in [3.05, 3.63) is 28.8 Å². The number of hydrogen-bond donors (Lipinski definition) is 2. The summed E-state index contributed by atoms with van der Waals surface area (Å²) in [6.45, 7) is 9.31. The van der Waals surface area contributed by atoms with Gasteiger partial charge in [-0.15, -0.1) is 0 Å². The summed E-state index contributed by atoms with van der Waals surface area (Å²) in [5.41, 5.74) is 1.08. The van der Waals surface area contributed by atoms with Crippen molar-refractivity contribution in [3.8, 4) is 5.75 Å². The fourth-order valence-electron chi connectivity index (χ4n) is 1.53. The third-order valence-corrected chi connectivity index (χ3v) is 2.86. The lowest BCUT2D eigenvalue weighted by molar-refractivity contribution is 0.155. The lowest BCUT2D eigenvalue weighted by Gasteiger charge is -2.22. The zero-order valence-electron chi connectivity index (χ0n) is 12.2. The van der Waals surface area contributed by atoms with E-state index in [1.54, 1.807) is 6.92 Å². The molecule has 0 saturated carbocycles. The SMILES string of the molecule is CC(O)CCOc1ccc(Cl)cc1CNC(C)(C)C. The van der Waals surface area contributed by atoms with Crippen LogP contribution in [0.25, 0.3) is 0 Å². The lowest BCUT2D eigenvalue weighted by atomic mass is 10.1. The molecule has 0 saturated heterocycles. The minimum absolute atomic E-state index is 0.0409. The topological polar surface area (TPSA) is 41.5 Å². The van der Waals surface area contributed by atoms with E-state index in [9.17, 15) is 5.11 Å². The molecule has 2 N–H and O–H groups in total. The Balaban J connectivity index is 2.68. The maximum absolute atomic E-state index is 9.24. The highest BCUT2D eigenvalue weighted by atomic mass is 35.5. The van der Waals surface area contributed by atoms with E-state index >= 15 is 0 Å². The van der Waals surface area contributed by atoms with Crippen LogP contribution in [0.5, 0.6) is 5.75 Å². The Kier molecular flexibility index (Phi) is 6.11. The van der Waals surface area contributed by atoms with Crippen molar-refractivity contribution in [3.63, 3.8) is 0 Å². The maximum Gasteiger partial charge on any atom is 0.123 e. The first-order valence-electron chi connectivity index (χ1n) is 6.62. The Hall–Kier alpha value is -0.770. The van der Waals surface area contributed by atoms with Crippen molar-refractivity contribution in [1.82, 2.24) is 5.32 Å². The van der Waals surface area contributed by atoms with Gasteiger partial charge >= 0.3 is 0 Å². The maximum atomic E-state index is 9.24. The zero-order valence-corrected chi connectivity index (χ0v) is 12.9. The molecule has 3 nitrogen and oxygen atoms in total. The number of aliphatic hydroxyl groups excluding tert-OH is 1. The molecule has 1 aromatic carbocycles. The van der Waals surface area contributed by atoms with Crippen LogP contribution < -0.4 is 10.1 Å². The number of ether oxygens (including phenoxy) is 1. The number of halogens is 1. The van der Waals surface area contributed by atoms with Crippen LogP contribution in [0.4, 0.5) is 0 Å². The average molecular weight is 286 g/mol. The quantitative estimate of drug-likeness (QED) is 0.842. The third kappa shape index (κ3) is 6.81. The molecule has 19 heavy (non-hydrogen) atoms. The molecule has 0 aliphatic heterocycles. The van der Waals surface area contributed by atoms with Crippen LogP contribution in [0.3, 0.4) is 0 Å². The molecule has 0 bridgehead atoms. The van der Waals surface area contributed by atoms with E-state index in [1.165, 1.54) is 0 Å². The number of aliphatic hydroxyl groups is 1. The number of nitrogens with one attached hydrogen (secondary N) is 1. The van der Waals surface area contributed by atoms with E-state index in [0.29, 0.717) is 24.6 Å². The molecule has 1 aromatic rings. The first kappa shape index (κ1) is 16.3. The average Bonchev–Trinajstić information content (AvgIpc) is 2.27. The Labute approximate surface area is 120 Å². The molecule has 0 amide bonds. The van der Waals surface area contributed by atoms with Crippen LogP contribution in [-0.4, -0.2) is 23.4 Å². The van der Waals surface area contributed by atoms with Gasteiger partial charge in [0.15, 0.2) is 0 Å². The van der Waals surface area contributed by atoms with Crippen molar-refractivity contribution >= 4 is 11.6 Å². The molecule has 0 aliphatic rings. The van der Waals surface area contributed by atoms with Gasteiger partial charge in [-0.05, 0) is 45.9 Å². The molecule has 0 aromatic heterocycles. The van der Waals surface area contributed by atoms with Gasteiger partial charge in [0.1, 0.15) is 5.75 Å². The first-order valence-corrected chi connectivity index (χ1v) is 7.00. The smallest absolute Gasteiger partial charge is 0.123 e. The van der Waals surface area contributed by atoms with E-state index in [2.05, 4.69) is 26.1 Å². The molecule has 0 heterocycles. The standard InChI is InChI=1S/C15H24ClNO2/c1-11(18)7-8-19-14-6-5-13(16)9-12(14)10-17-15(2,3)4/h5-6,9,11,17-18H,7-8,10H2,1-4H3. The predicted molar refractivity (Wildman–Crippen MR) is 79.8 cm³/mol. The summed E-state index contributed by atoms with van der Waals surface area (Å²) in [5.74, 6) is 0.821. The van der Waals surface area contributed by atoms with E-state index in [4.69, 9.17) is 16.3 Å². The normalized spacial score (nSPS) is 13.4. The highest BCUT2D eigenvalue weighted by molar-refractivity contribution is 6.30. The molecule has 1 atom stereocenters.